The predicted molar refractivity (Wildman–Crippen MR) is 84.2 cm³/mol. The Morgan fingerprint density at radius 2 is 2.00 bits per heavy atom. The van der Waals surface area contributed by atoms with Crippen molar-refractivity contribution >= 4 is 17.3 Å². The summed E-state index contributed by atoms with van der Waals surface area (Å²) in [4.78, 5) is 2.51. The zero-order valence-corrected chi connectivity index (χ0v) is 12.8. The average Bonchev–Trinajstić information content (AvgIpc) is 2.44. The Morgan fingerprint density at radius 1 is 1.26 bits per heavy atom. The van der Waals surface area contributed by atoms with E-state index in [1.165, 1.54) is 32.1 Å². The largest absolute Gasteiger partial charge is 0.384 e. The van der Waals surface area contributed by atoms with Gasteiger partial charge in [0.2, 0.25) is 0 Å². The number of nitrogens with zero attached hydrogens (tertiary/aromatic N) is 1. The first kappa shape index (κ1) is 14.7. The van der Waals surface area contributed by atoms with Crippen molar-refractivity contribution in [2.24, 2.45) is 0 Å². The molecule has 0 bridgehead atoms. The minimum absolute atomic E-state index is 0.788. The molecule has 0 aromatic heterocycles. The molecule has 19 heavy (non-hydrogen) atoms. The van der Waals surface area contributed by atoms with Crippen LogP contribution in [0, 0.1) is 6.92 Å². The Labute approximate surface area is 122 Å². The molecule has 0 amide bonds. The van der Waals surface area contributed by atoms with Crippen LogP contribution in [-0.4, -0.2) is 31.1 Å². The summed E-state index contributed by atoms with van der Waals surface area (Å²) in [7, 11) is 2.25. The van der Waals surface area contributed by atoms with Gasteiger partial charge in [-0.3, -0.25) is 0 Å². The van der Waals surface area contributed by atoms with E-state index in [9.17, 15) is 0 Å². The van der Waals surface area contributed by atoms with Crippen LogP contribution in [0.5, 0.6) is 0 Å². The van der Waals surface area contributed by atoms with Gasteiger partial charge in [-0.1, -0.05) is 36.9 Å². The van der Waals surface area contributed by atoms with Crippen LogP contribution in [0.1, 0.15) is 37.7 Å². The normalized spacial score (nSPS) is 16.8. The molecule has 1 saturated carbocycles. The van der Waals surface area contributed by atoms with Gasteiger partial charge in [0.15, 0.2) is 0 Å². The number of anilines is 1. The second-order valence-corrected chi connectivity index (χ2v) is 6.02. The van der Waals surface area contributed by atoms with Gasteiger partial charge in [0.25, 0.3) is 0 Å². The summed E-state index contributed by atoms with van der Waals surface area (Å²) < 4.78 is 0. The van der Waals surface area contributed by atoms with E-state index in [4.69, 9.17) is 11.6 Å². The van der Waals surface area contributed by atoms with Gasteiger partial charge in [-0.2, -0.15) is 0 Å². The maximum Gasteiger partial charge on any atom is 0.0455 e. The Hall–Kier alpha value is -0.730. The molecule has 1 aliphatic rings. The van der Waals surface area contributed by atoms with E-state index in [-0.39, 0.29) is 0 Å². The van der Waals surface area contributed by atoms with Crippen LogP contribution in [0.4, 0.5) is 5.69 Å². The Bertz CT molecular complexity index is 400. The third kappa shape index (κ3) is 4.12. The van der Waals surface area contributed by atoms with Crippen LogP contribution in [0.15, 0.2) is 18.2 Å². The molecule has 0 unspecified atom stereocenters. The lowest BCUT2D eigenvalue weighted by atomic mass is 9.94. The third-order valence-electron chi connectivity index (χ3n) is 4.25. The van der Waals surface area contributed by atoms with Crippen LogP contribution >= 0.6 is 11.6 Å². The van der Waals surface area contributed by atoms with Crippen LogP contribution in [0.3, 0.4) is 0 Å². The van der Waals surface area contributed by atoms with Gasteiger partial charge in [0, 0.05) is 29.8 Å². The van der Waals surface area contributed by atoms with Crippen molar-refractivity contribution in [3.05, 3.63) is 28.8 Å². The van der Waals surface area contributed by atoms with E-state index in [0.717, 1.165) is 35.4 Å². The molecule has 106 valence electrons. The highest BCUT2D eigenvalue weighted by atomic mass is 35.5. The Morgan fingerprint density at radius 3 is 2.74 bits per heavy atom. The smallest absolute Gasteiger partial charge is 0.0455 e. The second-order valence-electron chi connectivity index (χ2n) is 5.61. The third-order valence-corrected chi connectivity index (χ3v) is 4.66. The van der Waals surface area contributed by atoms with Gasteiger partial charge < -0.3 is 10.2 Å². The average molecular weight is 281 g/mol. The van der Waals surface area contributed by atoms with Gasteiger partial charge in [-0.25, -0.2) is 0 Å². The molecule has 0 atom stereocenters. The molecule has 0 aliphatic heterocycles. The van der Waals surface area contributed by atoms with Crippen molar-refractivity contribution in [1.82, 2.24) is 4.90 Å². The van der Waals surface area contributed by atoms with E-state index in [1.807, 2.05) is 12.1 Å². The molecule has 2 nitrogen and oxygen atoms in total. The summed E-state index contributed by atoms with van der Waals surface area (Å²) in [5.74, 6) is 0. The Kier molecular flexibility index (Phi) is 5.53. The molecule has 0 radical (unpaired) electrons. The number of benzene rings is 1. The first-order valence-electron chi connectivity index (χ1n) is 7.37. The molecule has 1 aliphatic carbocycles. The number of likely N-dealkylation sites (N-methyl/N-ethyl adjacent to an activating group) is 1. The lowest BCUT2D eigenvalue weighted by molar-refractivity contribution is 0.198. The number of rotatable bonds is 5. The van der Waals surface area contributed by atoms with Crippen LogP contribution < -0.4 is 5.32 Å². The van der Waals surface area contributed by atoms with Gasteiger partial charge in [0.1, 0.15) is 0 Å². The number of halogens is 1. The first-order chi connectivity index (χ1) is 9.18. The van der Waals surface area contributed by atoms with E-state index in [0.29, 0.717) is 0 Å². The highest BCUT2D eigenvalue weighted by Gasteiger charge is 2.17. The molecular weight excluding hydrogens is 256 g/mol. The van der Waals surface area contributed by atoms with Crippen molar-refractivity contribution in [1.29, 1.82) is 0 Å². The standard InChI is InChI=1S/C16H25ClN2/c1-13-15(17)9-6-10-16(13)18-11-12-19(2)14-7-4-3-5-8-14/h6,9-10,14,18H,3-5,7-8,11-12H2,1-2H3. The zero-order chi connectivity index (χ0) is 13.7. The van der Waals surface area contributed by atoms with Crippen molar-refractivity contribution in [3.63, 3.8) is 0 Å². The quantitative estimate of drug-likeness (QED) is 0.864. The molecule has 1 fully saturated rings. The lowest BCUT2D eigenvalue weighted by Gasteiger charge is -2.31. The minimum Gasteiger partial charge on any atom is -0.384 e. The van der Waals surface area contributed by atoms with Crippen molar-refractivity contribution < 1.29 is 0 Å². The summed E-state index contributed by atoms with van der Waals surface area (Å²) in [6.07, 6.45) is 6.95. The fourth-order valence-corrected chi connectivity index (χ4v) is 3.04. The fraction of sp³-hybridized carbons (Fsp3) is 0.625. The summed E-state index contributed by atoms with van der Waals surface area (Å²) in [6, 6.07) is 6.83. The Balaban J connectivity index is 1.78. The molecule has 1 N–H and O–H groups in total. The molecule has 3 heteroatoms. The molecule has 0 heterocycles. The SMILES string of the molecule is Cc1c(Cl)cccc1NCCN(C)C1CCCCC1. The highest BCUT2D eigenvalue weighted by Crippen LogP contribution is 2.23. The van der Waals surface area contributed by atoms with Gasteiger partial charge in [-0.05, 0) is 44.5 Å². The maximum atomic E-state index is 6.13. The van der Waals surface area contributed by atoms with Crippen molar-refractivity contribution in [3.8, 4) is 0 Å². The minimum atomic E-state index is 0.788. The summed E-state index contributed by atoms with van der Waals surface area (Å²) in [5, 5.41) is 4.34. The second kappa shape index (κ2) is 7.16. The monoisotopic (exact) mass is 280 g/mol. The topological polar surface area (TPSA) is 15.3 Å². The van der Waals surface area contributed by atoms with E-state index in [1.54, 1.807) is 0 Å². The molecule has 2 rings (SSSR count). The van der Waals surface area contributed by atoms with E-state index >= 15 is 0 Å². The van der Waals surface area contributed by atoms with Gasteiger partial charge in [-0.15, -0.1) is 0 Å². The van der Waals surface area contributed by atoms with Crippen LogP contribution in [-0.2, 0) is 0 Å². The molecule has 0 spiro atoms. The zero-order valence-electron chi connectivity index (χ0n) is 12.1. The number of nitrogens with one attached hydrogen (secondary N) is 1. The van der Waals surface area contributed by atoms with Crippen LogP contribution in [0.2, 0.25) is 5.02 Å². The van der Waals surface area contributed by atoms with E-state index in [2.05, 4.69) is 30.3 Å². The van der Waals surface area contributed by atoms with E-state index < -0.39 is 0 Å². The molecule has 1 aromatic rings. The van der Waals surface area contributed by atoms with Crippen LogP contribution in [0.25, 0.3) is 0 Å². The highest BCUT2D eigenvalue weighted by molar-refractivity contribution is 6.31. The first-order valence-corrected chi connectivity index (χ1v) is 7.75. The van der Waals surface area contributed by atoms with Gasteiger partial charge >= 0.3 is 0 Å². The molecular formula is C16H25ClN2. The molecule has 0 saturated heterocycles. The van der Waals surface area contributed by atoms with Crippen molar-refractivity contribution in [2.75, 3.05) is 25.5 Å². The lowest BCUT2D eigenvalue weighted by Crippen LogP contribution is -2.36. The molecule has 1 aromatic carbocycles. The predicted octanol–water partition coefficient (Wildman–Crippen LogP) is 4.32. The number of hydrogen-bond donors (Lipinski definition) is 1. The van der Waals surface area contributed by atoms with Gasteiger partial charge in [0.05, 0.1) is 0 Å². The fourth-order valence-electron chi connectivity index (χ4n) is 2.87. The summed E-state index contributed by atoms with van der Waals surface area (Å²) in [6.45, 7) is 4.14. The maximum absolute atomic E-state index is 6.13. The van der Waals surface area contributed by atoms with Crippen molar-refractivity contribution in [2.45, 2.75) is 45.1 Å². The number of hydrogen-bond acceptors (Lipinski definition) is 2. The summed E-state index contributed by atoms with van der Waals surface area (Å²) >= 11 is 6.13. The summed E-state index contributed by atoms with van der Waals surface area (Å²) in [5.41, 5.74) is 2.30.